The lowest BCUT2D eigenvalue weighted by molar-refractivity contribution is -0.131. The van der Waals surface area contributed by atoms with E-state index in [9.17, 15) is 9.59 Å². The summed E-state index contributed by atoms with van der Waals surface area (Å²) in [6, 6.07) is 15.6. The van der Waals surface area contributed by atoms with E-state index >= 15 is 0 Å². The van der Waals surface area contributed by atoms with Gasteiger partial charge in [-0.3, -0.25) is 9.59 Å². The van der Waals surface area contributed by atoms with E-state index < -0.39 is 0 Å². The molecule has 0 bridgehead atoms. The molecule has 0 saturated heterocycles. The molecular formula is C21H22N4O2. The van der Waals surface area contributed by atoms with Gasteiger partial charge in [-0.05, 0) is 35.7 Å². The van der Waals surface area contributed by atoms with Crippen LogP contribution in [0.25, 0.3) is 10.9 Å². The maximum Gasteiger partial charge on any atom is 0.238 e. The number of rotatable bonds is 4. The third-order valence-electron chi connectivity index (χ3n) is 5.00. The second-order valence-electron chi connectivity index (χ2n) is 6.82. The van der Waals surface area contributed by atoms with Gasteiger partial charge in [0.05, 0.1) is 19.5 Å². The molecule has 138 valence electrons. The summed E-state index contributed by atoms with van der Waals surface area (Å²) in [4.78, 5) is 29.5. The molecule has 1 aliphatic heterocycles. The lowest BCUT2D eigenvalue weighted by atomic mass is 10.0. The van der Waals surface area contributed by atoms with Gasteiger partial charge in [-0.15, -0.1) is 0 Å². The summed E-state index contributed by atoms with van der Waals surface area (Å²) in [6.07, 6.45) is 1.22. The second-order valence-corrected chi connectivity index (χ2v) is 6.82. The normalized spacial score (nSPS) is 13.4. The average molecular weight is 362 g/mol. The van der Waals surface area contributed by atoms with Crippen molar-refractivity contribution in [3.8, 4) is 0 Å². The van der Waals surface area contributed by atoms with Crippen molar-refractivity contribution in [3.05, 3.63) is 65.4 Å². The second kappa shape index (κ2) is 7.25. The molecular weight excluding hydrogens is 340 g/mol. The number of anilines is 1. The standard InChI is InChI=1S/C21H22N4O2/c22-12-20(26)23-15-6-7-18-17(11-15)16-8-9-25(13-19(16)24-18)21(27)10-14-4-2-1-3-5-14/h1-7,11,24H,8-10,12-13,22H2,(H,23,26). The zero-order valence-corrected chi connectivity index (χ0v) is 15.0. The number of carbonyl (C=O) groups is 2. The van der Waals surface area contributed by atoms with Crippen LogP contribution < -0.4 is 11.1 Å². The van der Waals surface area contributed by atoms with Crippen LogP contribution in [0.5, 0.6) is 0 Å². The Bertz CT molecular complexity index is 994. The Morgan fingerprint density at radius 2 is 1.96 bits per heavy atom. The van der Waals surface area contributed by atoms with E-state index in [1.54, 1.807) is 0 Å². The number of fused-ring (bicyclic) bond motifs is 3. The first kappa shape index (κ1) is 17.3. The lowest BCUT2D eigenvalue weighted by Gasteiger charge is -2.27. The number of nitrogens with two attached hydrogens (primary N) is 1. The van der Waals surface area contributed by atoms with Gasteiger partial charge in [-0.1, -0.05) is 30.3 Å². The monoisotopic (exact) mass is 362 g/mol. The largest absolute Gasteiger partial charge is 0.357 e. The zero-order valence-electron chi connectivity index (χ0n) is 15.0. The first-order chi connectivity index (χ1) is 13.1. The minimum Gasteiger partial charge on any atom is -0.357 e. The van der Waals surface area contributed by atoms with Crippen LogP contribution in [0.3, 0.4) is 0 Å². The van der Waals surface area contributed by atoms with Crippen LogP contribution in [0.2, 0.25) is 0 Å². The summed E-state index contributed by atoms with van der Waals surface area (Å²) < 4.78 is 0. The van der Waals surface area contributed by atoms with Crippen LogP contribution in [0.1, 0.15) is 16.8 Å². The number of amides is 2. The minimum absolute atomic E-state index is 0.0399. The fourth-order valence-corrected chi connectivity index (χ4v) is 3.63. The zero-order chi connectivity index (χ0) is 18.8. The number of carbonyl (C=O) groups excluding carboxylic acids is 2. The fourth-order valence-electron chi connectivity index (χ4n) is 3.63. The number of nitrogens with zero attached hydrogens (tertiary/aromatic N) is 1. The summed E-state index contributed by atoms with van der Waals surface area (Å²) in [5.41, 5.74) is 10.4. The summed E-state index contributed by atoms with van der Waals surface area (Å²) in [5.74, 6) is -0.0714. The smallest absolute Gasteiger partial charge is 0.238 e. The predicted molar refractivity (Wildman–Crippen MR) is 105 cm³/mol. The summed E-state index contributed by atoms with van der Waals surface area (Å²) in [5, 5.41) is 3.88. The summed E-state index contributed by atoms with van der Waals surface area (Å²) in [6.45, 7) is 1.24. The van der Waals surface area contributed by atoms with Crippen LogP contribution in [0.15, 0.2) is 48.5 Å². The van der Waals surface area contributed by atoms with E-state index in [0.717, 1.165) is 34.3 Å². The first-order valence-electron chi connectivity index (χ1n) is 9.09. The highest BCUT2D eigenvalue weighted by molar-refractivity contribution is 5.96. The van der Waals surface area contributed by atoms with Crippen molar-refractivity contribution in [3.63, 3.8) is 0 Å². The molecule has 6 nitrogen and oxygen atoms in total. The molecule has 0 atom stereocenters. The molecule has 2 heterocycles. The molecule has 1 aromatic heterocycles. The van der Waals surface area contributed by atoms with E-state index in [0.29, 0.717) is 19.5 Å². The quantitative estimate of drug-likeness (QED) is 0.664. The van der Waals surface area contributed by atoms with Crippen LogP contribution in [0.4, 0.5) is 5.69 Å². The van der Waals surface area contributed by atoms with Crippen molar-refractivity contribution >= 4 is 28.4 Å². The number of nitrogens with one attached hydrogen (secondary N) is 2. The van der Waals surface area contributed by atoms with Gasteiger partial charge in [0.15, 0.2) is 0 Å². The molecule has 0 radical (unpaired) electrons. The first-order valence-corrected chi connectivity index (χ1v) is 9.09. The molecule has 4 rings (SSSR count). The van der Waals surface area contributed by atoms with Gasteiger partial charge in [-0.2, -0.15) is 0 Å². The Kier molecular flexibility index (Phi) is 4.64. The molecule has 3 aromatic rings. The van der Waals surface area contributed by atoms with E-state index in [1.807, 2.05) is 53.4 Å². The van der Waals surface area contributed by atoms with Crippen molar-refractivity contribution < 1.29 is 9.59 Å². The Balaban J connectivity index is 1.53. The molecule has 27 heavy (non-hydrogen) atoms. The molecule has 6 heteroatoms. The molecule has 0 saturated carbocycles. The minimum atomic E-state index is -0.212. The number of hydrogen-bond donors (Lipinski definition) is 3. The van der Waals surface area contributed by atoms with Crippen molar-refractivity contribution in [1.82, 2.24) is 9.88 Å². The highest BCUT2D eigenvalue weighted by Crippen LogP contribution is 2.30. The summed E-state index contributed by atoms with van der Waals surface area (Å²) >= 11 is 0. The number of benzene rings is 2. The van der Waals surface area contributed by atoms with Gasteiger partial charge >= 0.3 is 0 Å². The Hall–Kier alpha value is -3.12. The highest BCUT2D eigenvalue weighted by atomic mass is 16.2. The third kappa shape index (κ3) is 3.57. The van der Waals surface area contributed by atoms with Gasteiger partial charge in [0.2, 0.25) is 11.8 Å². The molecule has 1 aliphatic rings. The number of aromatic nitrogens is 1. The number of hydrogen-bond acceptors (Lipinski definition) is 3. The third-order valence-corrected chi connectivity index (χ3v) is 5.00. The molecule has 2 aromatic carbocycles. The van der Waals surface area contributed by atoms with Gasteiger partial charge in [0.1, 0.15) is 0 Å². The summed E-state index contributed by atoms with van der Waals surface area (Å²) in [7, 11) is 0. The molecule has 0 fully saturated rings. The number of H-pyrrole nitrogens is 1. The van der Waals surface area contributed by atoms with Crippen molar-refractivity contribution in [2.45, 2.75) is 19.4 Å². The molecule has 4 N–H and O–H groups in total. The Labute approximate surface area is 157 Å². The van der Waals surface area contributed by atoms with Gasteiger partial charge in [0, 0.05) is 28.8 Å². The molecule has 0 aliphatic carbocycles. The maximum absolute atomic E-state index is 12.7. The van der Waals surface area contributed by atoms with Crippen LogP contribution in [0, 0.1) is 0 Å². The number of aromatic amines is 1. The average Bonchev–Trinajstić information content (AvgIpc) is 3.05. The maximum atomic E-state index is 12.7. The van der Waals surface area contributed by atoms with Gasteiger partial charge < -0.3 is 20.9 Å². The fraction of sp³-hybridized carbons (Fsp3) is 0.238. The van der Waals surface area contributed by atoms with Crippen molar-refractivity contribution in [2.24, 2.45) is 5.73 Å². The molecule has 0 spiro atoms. The van der Waals surface area contributed by atoms with Crippen LogP contribution in [-0.4, -0.2) is 34.8 Å². The molecule has 2 amide bonds. The van der Waals surface area contributed by atoms with E-state index in [1.165, 1.54) is 5.56 Å². The predicted octanol–water partition coefficient (Wildman–Crippen LogP) is 2.19. The highest BCUT2D eigenvalue weighted by Gasteiger charge is 2.24. The van der Waals surface area contributed by atoms with Gasteiger partial charge in [0.25, 0.3) is 0 Å². The SMILES string of the molecule is NCC(=O)Nc1ccc2[nH]c3c(c2c1)CCN(C(=O)Cc1ccccc1)C3. The van der Waals surface area contributed by atoms with E-state index in [-0.39, 0.29) is 18.4 Å². The van der Waals surface area contributed by atoms with Crippen molar-refractivity contribution in [2.75, 3.05) is 18.4 Å². The van der Waals surface area contributed by atoms with E-state index in [4.69, 9.17) is 5.73 Å². The van der Waals surface area contributed by atoms with Crippen LogP contribution in [-0.2, 0) is 29.0 Å². The van der Waals surface area contributed by atoms with Crippen molar-refractivity contribution in [1.29, 1.82) is 0 Å². The Morgan fingerprint density at radius 3 is 2.74 bits per heavy atom. The molecule has 0 unspecified atom stereocenters. The van der Waals surface area contributed by atoms with Crippen LogP contribution >= 0.6 is 0 Å². The Morgan fingerprint density at radius 1 is 1.15 bits per heavy atom. The lowest BCUT2D eigenvalue weighted by Crippen LogP contribution is -2.36. The topological polar surface area (TPSA) is 91.2 Å². The van der Waals surface area contributed by atoms with E-state index in [2.05, 4.69) is 10.3 Å². The van der Waals surface area contributed by atoms with Gasteiger partial charge in [-0.25, -0.2) is 0 Å².